The van der Waals surface area contributed by atoms with Gasteiger partial charge in [0.2, 0.25) is 0 Å². The summed E-state index contributed by atoms with van der Waals surface area (Å²) in [5, 5.41) is 43.4. The maximum absolute atomic E-state index is 11.0. The molecule has 0 unspecified atom stereocenters. The zero-order valence-electron chi connectivity index (χ0n) is 16.6. The van der Waals surface area contributed by atoms with E-state index in [-0.39, 0.29) is 54.6 Å². The minimum absolute atomic E-state index is 0. The number of carbonyl (C=O) groups is 3. The molecule has 0 saturated carbocycles. The van der Waals surface area contributed by atoms with Gasteiger partial charge in [-0.1, -0.05) is 32.3 Å². The Labute approximate surface area is 194 Å². The van der Waals surface area contributed by atoms with Crippen LogP contribution in [0.1, 0.15) is 58.3 Å². The summed E-state index contributed by atoms with van der Waals surface area (Å²) in [6, 6.07) is 0. The summed E-state index contributed by atoms with van der Waals surface area (Å²) in [6.45, 7) is 3.26. The van der Waals surface area contributed by atoms with Gasteiger partial charge in [0.1, 0.15) is 6.61 Å². The number of carbonyl (C=O) groups excluding carboxylic acids is 1. The predicted molar refractivity (Wildman–Crippen MR) is 109 cm³/mol. The van der Waals surface area contributed by atoms with Crippen LogP contribution in [-0.2, 0) is 19.1 Å². The molecule has 0 atom stereocenters. The van der Waals surface area contributed by atoms with Crippen LogP contribution in [-0.4, -0.2) is 99.4 Å². The Bertz CT molecular complexity index is 448. The molecule has 29 heavy (non-hydrogen) atoms. The molecule has 5 N–H and O–H groups in total. The first-order chi connectivity index (χ1) is 13.1. The molecule has 0 aromatic heterocycles. The van der Waals surface area contributed by atoms with Crippen molar-refractivity contribution in [1.29, 1.82) is 0 Å². The van der Waals surface area contributed by atoms with Crippen LogP contribution in [0.4, 0.5) is 0 Å². The minimum atomic E-state index is -1.18. The van der Waals surface area contributed by atoms with Crippen LogP contribution in [0.5, 0.6) is 0 Å². The summed E-state index contributed by atoms with van der Waals surface area (Å²) in [6.07, 6.45) is 5.82. The molecule has 10 heteroatoms. The van der Waals surface area contributed by atoms with Crippen molar-refractivity contribution in [1.82, 2.24) is 0 Å². The quantitative estimate of drug-likeness (QED) is 0.109. The van der Waals surface area contributed by atoms with Gasteiger partial charge < -0.3 is 30.3 Å². The number of aliphatic carboxylic acids is 2. The Kier molecular flexibility index (Phi) is 22.9. The van der Waals surface area contributed by atoms with Crippen molar-refractivity contribution in [3.63, 3.8) is 0 Å². The van der Waals surface area contributed by atoms with E-state index < -0.39 is 43.1 Å². The summed E-state index contributed by atoms with van der Waals surface area (Å²) >= 11 is 0. The molecular weight excluding hydrogens is 395 g/mol. The van der Waals surface area contributed by atoms with Crippen LogP contribution < -0.4 is 0 Å². The third-order valence-corrected chi connectivity index (χ3v) is 3.90. The van der Waals surface area contributed by atoms with Gasteiger partial charge in [0.25, 0.3) is 0 Å². The SMILES string of the molecule is C=C(C)C(=O)OCC(CO)(CO)CO.O=C(O)CCCCCCCCC(=O)O.[NaH]. The molecule has 0 amide bonds. The van der Waals surface area contributed by atoms with E-state index in [0.717, 1.165) is 38.5 Å². The molecule has 9 nitrogen and oxygen atoms in total. The van der Waals surface area contributed by atoms with Crippen LogP contribution in [0.3, 0.4) is 0 Å². The van der Waals surface area contributed by atoms with Gasteiger partial charge in [-0.15, -0.1) is 0 Å². The van der Waals surface area contributed by atoms with Crippen LogP contribution in [0.15, 0.2) is 12.2 Å². The van der Waals surface area contributed by atoms with E-state index in [2.05, 4.69) is 6.58 Å². The Morgan fingerprint density at radius 1 is 0.793 bits per heavy atom. The zero-order valence-corrected chi connectivity index (χ0v) is 16.6. The third kappa shape index (κ3) is 20.1. The summed E-state index contributed by atoms with van der Waals surface area (Å²) in [5.41, 5.74) is -0.946. The van der Waals surface area contributed by atoms with Gasteiger partial charge in [-0.3, -0.25) is 9.59 Å². The van der Waals surface area contributed by atoms with Gasteiger partial charge >= 0.3 is 47.5 Å². The molecular formula is C19H35NaO9. The van der Waals surface area contributed by atoms with Crippen molar-refractivity contribution in [2.45, 2.75) is 58.3 Å². The van der Waals surface area contributed by atoms with Crippen molar-refractivity contribution >= 4 is 47.5 Å². The Morgan fingerprint density at radius 2 is 1.14 bits per heavy atom. The maximum atomic E-state index is 11.0. The average Bonchev–Trinajstić information content (AvgIpc) is 2.65. The molecule has 0 aromatic rings. The second-order valence-corrected chi connectivity index (χ2v) is 6.74. The molecule has 0 rings (SSSR count). The Hall–Kier alpha value is -0.970. The zero-order chi connectivity index (χ0) is 22.0. The fraction of sp³-hybridized carbons (Fsp3) is 0.737. The van der Waals surface area contributed by atoms with E-state index in [1.54, 1.807) is 0 Å². The van der Waals surface area contributed by atoms with E-state index >= 15 is 0 Å². The Balaban J connectivity index is -0.000000451. The van der Waals surface area contributed by atoms with Crippen molar-refractivity contribution < 1.29 is 44.7 Å². The predicted octanol–water partition coefficient (Wildman–Crippen LogP) is 0.697. The van der Waals surface area contributed by atoms with E-state index in [4.69, 9.17) is 30.3 Å². The molecule has 0 radical (unpaired) electrons. The van der Waals surface area contributed by atoms with E-state index in [9.17, 15) is 14.4 Å². The van der Waals surface area contributed by atoms with Crippen LogP contribution in [0, 0.1) is 5.41 Å². The number of ether oxygens (including phenoxy) is 1. The normalized spacial score (nSPS) is 10.2. The van der Waals surface area contributed by atoms with E-state index in [0.29, 0.717) is 0 Å². The van der Waals surface area contributed by atoms with Gasteiger partial charge in [-0.25, -0.2) is 4.79 Å². The molecule has 0 bridgehead atoms. The molecule has 0 aliphatic carbocycles. The molecule has 0 saturated heterocycles. The van der Waals surface area contributed by atoms with Crippen molar-refractivity contribution in [3.8, 4) is 0 Å². The average molecular weight is 430 g/mol. The molecule has 0 fully saturated rings. The van der Waals surface area contributed by atoms with Crippen molar-refractivity contribution in [2.75, 3.05) is 26.4 Å². The Morgan fingerprint density at radius 3 is 1.41 bits per heavy atom. The monoisotopic (exact) mass is 430 g/mol. The van der Waals surface area contributed by atoms with Crippen molar-refractivity contribution in [3.05, 3.63) is 12.2 Å². The number of esters is 1. The van der Waals surface area contributed by atoms with Crippen LogP contribution in [0.2, 0.25) is 0 Å². The number of carboxylic acid groups (broad SMARTS) is 2. The second-order valence-electron chi connectivity index (χ2n) is 6.74. The van der Waals surface area contributed by atoms with Crippen LogP contribution in [0.25, 0.3) is 0 Å². The van der Waals surface area contributed by atoms with Gasteiger partial charge in [-0.05, 0) is 19.8 Å². The van der Waals surface area contributed by atoms with Gasteiger partial charge in [0.15, 0.2) is 0 Å². The molecule has 0 aliphatic heterocycles. The number of carboxylic acids is 2. The van der Waals surface area contributed by atoms with E-state index in [1.165, 1.54) is 6.92 Å². The number of aliphatic hydroxyl groups is 3. The van der Waals surface area contributed by atoms with Gasteiger partial charge in [0, 0.05) is 18.4 Å². The first kappa shape index (κ1) is 32.7. The molecule has 0 aliphatic rings. The van der Waals surface area contributed by atoms with Gasteiger partial charge in [-0.2, -0.15) is 0 Å². The van der Waals surface area contributed by atoms with E-state index in [1.807, 2.05) is 0 Å². The summed E-state index contributed by atoms with van der Waals surface area (Å²) in [7, 11) is 0. The summed E-state index contributed by atoms with van der Waals surface area (Å²) in [5.74, 6) is -2.09. The topological polar surface area (TPSA) is 162 Å². The fourth-order valence-corrected chi connectivity index (χ4v) is 1.89. The first-order valence-electron chi connectivity index (χ1n) is 9.23. The van der Waals surface area contributed by atoms with Gasteiger partial charge in [0.05, 0.1) is 25.2 Å². The van der Waals surface area contributed by atoms with Crippen molar-refractivity contribution in [2.24, 2.45) is 5.41 Å². The fourth-order valence-electron chi connectivity index (χ4n) is 1.89. The number of unbranched alkanes of at least 4 members (excludes halogenated alkanes) is 5. The number of hydrogen-bond donors (Lipinski definition) is 5. The standard InChI is InChI=1S/C10H18O4.C9H16O5.Na.H/c11-9(12)7-5-3-1-2-4-6-8-10(13)14;1-7(2)8(13)14-6-9(3-10,4-11)5-12;;/h1-8H2,(H,11,12)(H,13,14);10-12H,1,3-6H2,2H3;;. The molecule has 0 aromatic carbocycles. The first-order valence-corrected chi connectivity index (χ1v) is 9.23. The third-order valence-electron chi connectivity index (χ3n) is 3.90. The second kappa shape index (κ2) is 20.3. The number of hydrogen-bond acceptors (Lipinski definition) is 7. The summed E-state index contributed by atoms with van der Waals surface area (Å²) in [4.78, 5) is 31.3. The molecule has 0 spiro atoms. The molecule has 0 heterocycles. The van der Waals surface area contributed by atoms with Crippen LogP contribution >= 0.6 is 0 Å². The molecule has 166 valence electrons. The number of rotatable bonds is 15. The summed E-state index contributed by atoms with van der Waals surface area (Å²) < 4.78 is 4.72. The number of aliphatic hydroxyl groups excluding tert-OH is 3.